The van der Waals surface area contributed by atoms with Crippen LogP contribution in [0, 0.1) is 0 Å². The van der Waals surface area contributed by atoms with E-state index < -0.39 is 12.0 Å². The minimum Gasteiger partial charge on any atom is -0.481 e. The number of aromatic nitrogens is 1. The second kappa shape index (κ2) is 7.05. The molecule has 1 fully saturated rings. The Bertz CT molecular complexity index is 780. The van der Waals surface area contributed by atoms with Crippen LogP contribution in [0.1, 0.15) is 19.3 Å². The van der Waals surface area contributed by atoms with Crippen molar-refractivity contribution < 1.29 is 19.4 Å². The molecule has 0 spiro atoms. The summed E-state index contributed by atoms with van der Waals surface area (Å²) < 4.78 is 5.61. The highest BCUT2D eigenvalue weighted by Gasteiger charge is 2.32. The molecule has 3 rings (SSSR count). The van der Waals surface area contributed by atoms with Crippen LogP contribution in [0.5, 0.6) is 5.75 Å². The monoisotopic (exact) mass is 348 g/mol. The van der Waals surface area contributed by atoms with Crippen molar-refractivity contribution in [2.75, 3.05) is 13.2 Å². The molecule has 1 amide bonds. The van der Waals surface area contributed by atoms with E-state index in [1.165, 1.54) is 4.90 Å². The highest BCUT2D eigenvalue weighted by Crippen LogP contribution is 2.29. The number of benzene rings is 1. The first-order valence-electron chi connectivity index (χ1n) is 7.76. The number of hydrogen-bond donors (Lipinski definition) is 1. The number of aliphatic carboxylic acids is 1. The number of piperidine rings is 1. The maximum absolute atomic E-state index is 12.4. The number of hydrogen-bond acceptors (Lipinski definition) is 4. The van der Waals surface area contributed by atoms with Crippen molar-refractivity contribution in [2.45, 2.75) is 25.3 Å². The Morgan fingerprint density at radius 1 is 1.33 bits per heavy atom. The molecule has 2 heterocycles. The molecule has 2 aromatic rings. The zero-order valence-electron chi connectivity index (χ0n) is 12.9. The molecule has 1 aliphatic rings. The number of carbonyl (C=O) groups is 2. The molecule has 126 valence electrons. The van der Waals surface area contributed by atoms with Crippen LogP contribution in [0.3, 0.4) is 0 Å². The number of pyridine rings is 1. The van der Waals surface area contributed by atoms with E-state index in [4.69, 9.17) is 16.3 Å². The van der Waals surface area contributed by atoms with Gasteiger partial charge < -0.3 is 14.7 Å². The van der Waals surface area contributed by atoms with Gasteiger partial charge in [-0.25, -0.2) is 4.79 Å². The maximum atomic E-state index is 12.4. The second-order valence-electron chi connectivity index (χ2n) is 5.67. The fourth-order valence-corrected chi connectivity index (χ4v) is 3.15. The maximum Gasteiger partial charge on any atom is 0.326 e. The van der Waals surface area contributed by atoms with Gasteiger partial charge >= 0.3 is 5.97 Å². The molecule has 6 nitrogen and oxygen atoms in total. The number of halogens is 1. The topological polar surface area (TPSA) is 79.7 Å². The Morgan fingerprint density at radius 2 is 2.17 bits per heavy atom. The van der Waals surface area contributed by atoms with E-state index in [9.17, 15) is 14.7 Å². The van der Waals surface area contributed by atoms with Crippen molar-refractivity contribution in [3.63, 3.8) is 0 Å². The normalized spacial score (nSPS) is 17.7. The Labute approximate surface area is 144 Å². The van der Waals surface area contributed by atoms with Gasteiger partial charge in [0.15, 0.2) is 6.61 Å². The molecule has 1 atom stereocenters. The van der Waals surface area contributed by atoms with Gasteiger partial charge in [0.05, 0.1) is 5.02 Å². The Morgan fingerprint density at radius 3 is 2.96 bits per heavy atom. The van der Waals surface area contributed by atoms with Crippen molar-refractivity contribution >= 4 is 34.4 Å². The molecule has 0 radical (unpaired) electrons. The predicted octanol–water partition coefficient (Wildman–Crippen LogP) is 2.73. The lowest BCUT2D eigenvalue weighted by Gasteiger charge is -2.32. The summed E-state index contributed by atoms with van der Waals surface area (Å²) in [6, 6.07) is 6.18. The van der Waals surface area contributed by atoms with Crippen LogP contribution >= 0.6 is 11.6 Å². The minimum absolute atomic E-state index is 0.225. The number of likely N-dealkylation sites (tertiary alicyclic amines) is 1. The molecule has 24 heavy (non-hydrogen) atoms. The van der Waals surface area contributed by atoms with Gasteiger partial charge in [-0.2, -0.15) is 0 Å². The van der Waals surface area contributed by atoms with Gasteiger partial charge in [0, 0.05) is 18.1 Å². The summed E-state index contributed by atoms with van der Waals surface area (Å²) in [4.78, 5) is 29.3. The van der Waals surface area contributed by atoms with Crippen LogP contribution in [0.2, 0.25) is 5.02 Å². The molecular weight excluding hydrogens is 332 g/mol. The van der Waals surface area contributed by atoms with E-state index in [2.05, 4.69) is 4.98 Å². The van der Waals surface area contributed by atoms with Crippen molar-refractivity contribution in [2.24, 2.45) is 0 Å². The fourth-order valence-electron chi connectivity index (χ4n) is 2.94. The molecular formula is C17H17ClN2O4. The summed E-state index contributed by atoms with van der Waals surface area (Å²) in [6.07, 6.45) is 3.72. The molecule has 1 saturated heterocycles. The third kappa shape index (κ3) is 3.28. The summed E-state index contributed by atoms with van der Waals surface area (Å²) in [5.41, 5.74) is 0.575. The largest absolute Gasteiger partial charge is 0.481 e. The number of ether oxygens (including phenoxy) is 1. The first kappa shape index (κ1) is 16.5. The molecule has 0 bridgehead atoms. The van der Waals surface area contributed by atoms with Crippen LogP contribution in [-0.2, 0) is 9.59 Å². The summed E-state index contributed by atoms with van der Waals surface area (Å²) in [7, 11) is 0. The molecule has 1 N–H and O–H groups in total. The van der Waals surface area contributed by atoms with Gasteiger partial charge in [-0.15, -0.1) is 0 Å². The second-order valence-corrected chi connectivity index (χ2v) is 6.08. The number of carbonyl (C=O) groups excluding carboxylic acids is 1. The first-order valence-corrected chi connectivity index (χ1v) is 8.14. The van der Waals surface area contributed by atoms with Gasteiger partial charge in [-0.1, -0.05) is 11.6 Å². The molecule has 1 aromatic carbocycles. The van der Waals surface area contributed by atoms with Gasteiger partial charge in [0.2, 0.25) is 0 Å². The van der Waals surface area contributed by atoms with Gasteiger partial charge in [0.25, 0.3) is 5.91 Å². The lowest BCUT2D eigenvalue weighted by molar-refractivity contribution is -0.152. The lowest BCUT2D eigenvalue weighted by atomic mass is 10.0. The number of rotatable bonds is 4. The van der Waals surface area contributed by atoms with Crippen LogP contribution < -0.4 is 4.74 Å². The molecule has 0 aliphatic carbocycles. The number of carboxylic acids is 1. The Kier molecular flexibility index (Phi) is 4.85. The number of nitrogens with zero attached hydrogens (tertiary/aromatic N) is 2. The lowest BCUT2D eigenvalue weighted by Crippen LogP contribution is -2.49. The first-order chi connectivity index (χ1) is 11.6. The highest BCUT2D eigenvalue weighted by atomic mass is 35.5. The molecule has 0 saturated carbocycles. The molecule has 1 aromatic heterocycles. The van der Waals surface area contributed by atoms with Crippen LogP contribution in [0.25, 0.3) is 10.9 Å². The smallest absolute Gasteiger partial charge is 0.326 e. The van der Waals surface area contributed by atoms with Crippen LogP contribution in [0.4, 0.5) is 0 Å². The average Bonchev–Trinajstić information content (AvgIpc) is 2.61. The van der Waals surface area contributed by atoms with Crippen molar-refractivity contribution in [1.29, 1.82) is 0 Å². The van der Waals surface area contributed by atoms with Gasteiger partial charge in [0.1, 0.15) is 17.3 Å². The molecule has 1 aliphatic heterocycles. The number of amides is 1. The highest BCUT2D eigenvalue weighted by molar-refractivity contribution is 6.35. The van der Waals surface area contributed by atoms with E-state index in [1.54, 1.807) is 24.4 Å². The van der Waals surface area contributed by atoms with Gasteiger partial charge in [-0.3, -0.25) is 9.78 Å². The van der Waals surface area contributed by atoms with E-state index in [-0.39, 0.29) is 12.5 Å². The van der Waals surface area contributed by atoms with Crippen LogP contribution in [0.15, 0.2) is 30.5 Å². The minimum atomic E-state index is -0.971. The summed E-state index contributed by atoms with van der Waals surface area (Å²) in [6.45, 7) is 0.218. The Hall–Kier alpha value is -2.34. The zero-order valence-corrected chi connectivity index (χ0v) is 13.7. The molecule has 0 unspecified atom stereocenters. The van der Waals surface area contributed by atoms with Gasteiger partial charge in [-0.05, 0) is 43.5 Å². The predicted molar refractivity (Wildman–Crippen MR) is 89.2 cm³/mol. The van der Waals surface area contributed by atoms with E-state index in [1.807, 2.05) is 6.07 Å². The SMILES string of the molecule is O=C(O)[C@@H]1CCCCN1C(=O)COc1ccc(Cl)c2cccnc12. The third-order valence-electron chi connectivity index (χ3n) is 4.14. The quantitative estimate of drug-likeness (QED) is 0.919. The Balaban J connectivity index is 1.75. The average molecular weight is 349 g/mol. The summed E-state index contributed by atoms with van der Waals surface area (Å²) in [5, 5.41) is 10.6. The number of carboxylic acid groups (broad SMARTS) is 1. The standard InChI is InChI=1S/C17H17ClN2O4/c18-12-6-7-14(16-11(12)4-3-8-19-16)24-10-15(21)20-9-2-1-5-13(20)17(22)23/h3-4,6-8,13H,1-2,5,9-10H2,(H,22,23)/t13-/m0/s1. The zero-order chi connectivity index (χ0) is 17.1. The van der Waals surface area contributed by atoms with E-state index >= 15 is 0 Å². The van der Waals surface area contributed by atoms with Crippen molar-refractivity contribution in [3.05, 3.63) is 35.5 Å². The van der Waals surface area contributed by atoms with Crippen LogP contribution in [-0.4, -0.2) is 46.1 Å². The fraction of sp³-hybridized carbons (Fsp3) is 0.353. The van der Waals surface area contributed by atoms with Crippen molar-refractivity contribution in [3.8, 4) is 5.75 Å². The van der Waals surface area contributed by atoms with Crippen molar-refractivity contribution in [1.82, 2.24) is 9.88 Å². The number of fused-ring (bicyclic) bond motifs is 1. The van der Waals surface area contributed by atoms with E-state index in [0.717, 1.165) is 18.2 Å². The third-order valence-corrected chi connectivity index (χ3v) is 4.47. The van der Waals surface area contributed by atoms with E-state index in [0.29, 0.717) is 29.3 Å². The summed E-state index contributed by atoms with van der Waals surface area (Å²) >= 11 is 6.13. The summed E-state index contributed by atoms with van der Waals surface area (Å²) in [5.74, 6) is -0.852. The molecule has 7 heteroatoms.